The monoisotopic (exact) mass is 809 g/mol. The number of non-ortho nitro benzene ring substituents is 1. The van der Waals surface area contributed by atoms with Crippen LogP contribution in [0.1, 0.15) is 20.7 Å². The molecule has 0 heterocycles. The first-order valence-electron chi connectivity index (χ1n) is 7.81. The van der Waals surface area contributed by atoms with Crippen LogP contribution in [-0.4, -0.2) is 41.7 Å². The third-order valence-corrected chi connectivity index (χ3v) is 6.66. The topological polar surface area (TPSA) is 150 Å². The second kappa shape index (κ2) is 10.3. The Hall–Kier alpha value is -1.26. The number of nitro benzene ring substituents is 1. The molecule has 1 N–H and O–H groups in total. The molecule has 0 amide bonds. The van der Waals surface area contributed by atoms with Crippen molar-refractivity contribution < 1.29 is 45.7 Å². The summed E-state index contributed by atoms with van der Waals surface area (Å²) in [5, 5.41) is 6.18. The van der Waals surface area contributed by atoms with E-state index in [-0.39, 0.29) is 5.75 Å². The second-order valence-corrected chi connectivity index (χ2v) is 10.9. The van der Waals surface area contributed by atoms with Crippen molar-refractivity contribution in [3.8, 4) is 5.75 Å². The van der Waals surface area contributed by atoms with Gasteiger partial charge in [-0.05, 0) is 86.0 Å². The van der Waals surface area contributed by atoms with Gasteiger partial charge >= 0.3 is 27.3 Å². The maximum absolute atomic E-state index is 13.4. The van der Waals surface area contributed by atoms with Crippen molar-refractivity contribution in [1.82, 2.24) is 0 Å². The maximum atomic E-state index is 13.4. The van der Waals surface area contributed by atoms with Crippen molar-refractivity contribution in [1.29, 1.82) is 0 Å². The lowest BCUT2D eigenvalue weighted by atomic mass is 10.1. The predicted molar refractivity (Wildman–Crippen MR) is 129 cm³/mol. The highest BCUT2D eigenvalue weighted by atomic mass is 127. The Bertz CT molecular complexity index is 1200. The fourth-order valence-electron chi connectivity index (χ4n) is 2.07. The first-order valence-corrected chi connectivity index (χ1v) is 12.5. The summed E-state index contributed by atoms with van der Waals surface area (Å²) in [6.45, 7) is -2.09. The Kier molecular flexibility index (Phi) is 8.72. The molecule has 0 fully saturated rings. The van der Waals surface area contributed by atoms with Crippen LogP contribution in [0.2, 0.25) is 0 Å². The van der Waals surface area contributed by atoms with Crippen molar-refractivity contribution in [2.45, 2.75) is 5.25 Å². The number of halogens is 5. The fourth-order valence-corrected chi connectivity index (χ4v) is 6.08. The normalized spacial score (nSPS) is 11.7. The number of rotatable bonds is 7. The average molecular weight is 809 g/mol. The average Bonchev–Trinajstić information content (AvgIpc) is 2.67. The van der Waals surface area contributed by atoms with E-state index in [4.69, 9.17) is 9.29 Å². The number of nitro groups is 1. The summed E-state index contributed by atoms with van der Waals surface area (Å²) >= 11 is 5.84. The zero-order chi connectivity index (χ0) is 24.4. The van der Waals surface area contributed by atoms with Gasteiger partial charge in [-0.25, -0.2) is 9.59 Å². The number of esters is 2. The molecule has 2 aromatic carbocycles. The van der Waals surface area contributed by atoms with Gasteiger partial charge in [0.25, 0.3) is 5.69 Å². The van der Waals surface area contributed by atoms with E-state index in [1.54, 1.807) is 12.1 Å². The summed E-state index contributed by atoms with van der Waals surface area (Å²) in [4.78, 5) is 35.1. The molecule has 0 saturated carbocycles. The van der Waals surface area contributed by atoms with Gasteiger partial charge in [0.05, 0.1) is 23.2 Å². The molecule has 0 aromatic heterocycles. The third-order valence-electron chi connectivity index (χ3n) is 3.56. The van der Waals surface area contributed by atoms with Crippen LogP contribution in [0.4, 0.5) is 14.5 Å². The van der Waals surface area contributed by atoms with Crippen LogP contribution in [0.25, 0.3) is 0 Å². The van der Waals surface area contributed by atoms with E-state index in [9.17, 15) is 36.9 Å². The van der Waals surface area contributed by atoms with Gasteiger partial charge in [0.15, 0.2) is 12.4 Å². The van der Waals surface area contributed by atoms with Gasteiger partial charge in [-0.15, -0.1) is 0 Å². The molecule has 0 unspecified atom stereocenters. The number of benzene rings is 2. The van der Waals surface area contributed by atoms with Gasteiger partial charge in [0.2, 0.25) is 0 Å². The summed E-state index contributed by atoms with van der Waals surface area (Å²) < 4.78 is 67.9. The van der Waals surface area contributed by atoms with E-state index in [1.165, 1.54) is 0 Å². The Balaban J connectivity index is 2.43. The summed E-state index contributed by atoms with van der Waals surface area (Å²) in [5.74, 6) is -2.69. The molecule has 172 valence electrons. The molecule has 16 heteroatoms. The largest absolute Gasteiger partial charge is 0.454 e. The molecule has 0 spiro atoms. The highest BCUT2D eigenvalue weighted by Crippen LogP contribution is 2.31. The smallest absolute Gasteiger partial charge is 0.402 e. The van der Waals surface area contributed by atoms with Crippen LogP contribution in [0, 0.1) is 20.8 Å². The lowest BCUT2D eigenvalue weighted by Crippen LogP contribution is -2.34. The Morgan fingerprint density at radius 2 is 1.62 bits per heavy atom. The van der Waals surface area contributed by atoms with Gasteiger partial charge in [-0.3, -0.25) is 14.7 Å². The van der Waals surface area contributed by atoms with E-state index in [0.717, 1.165) is 15.7 Å². The van der Waals surface area contributed by atoms with Crippen molar-refractivity contribution in [2.75, 3.05) is 6.61 Å². The molecule has 0 radical (unpaired) electrons. The van der Waals surface area contributed by atoms with Crippen molar-refractivity contribution >= 4 is 95.5 Å². The van der Waals surface area contributed by atoms with Crippen LogP contribution in [0.15, 0.2) is 30.3 Å². The molecule has 0 aliphatic rings. The number of alkyl halides is 2. The van der Waals surface area contributed by atoms with E-state index < -0.39 is 55.7 Å². The molecule has 0 aliphatic heterocycles. The second-order valence-electron chi connectivity index (χ2n) is 5.76. The first-order chi connectivity index (χ1) is 14.6. The lowest BCUT2D eigenvalue weighted by molar-refractivity contribution is -0.384. The predicted octanol–water partition coefficient (Wildman–Crippen LogP) is 4.27. The Labute approximate surface area is 219 Å². The molecule has 0 saturated heterocycles. The molecular weight excluding hydrogens is 801 g/mol. The SMILES string of the molecule is O=C(OCC(F)(F)S(=O)(=O)O)c1cc([N+](=O)[O-])ccc1C(=O)Oc1c(I)cc(I)cc1I. The minimum Gasteiger partial charge on any atom is -0.454 e. The van der Waals surface area contributed by atoms with Crippen molar-refractivity contribution in [2.24, 2.45) is 0 Å². The van der Waals surface area contributed by atoms with E-state index >= 15 is 0 Å². The summed E-state index contributed by atoms with van der Waals surface area (Å²) in [6, 6.07) is 5.71. The number of nitrogens with zero attached hydrogens (tertiary/aromatic N) is 1. The Morgan fingerprint density at radius 1 is 1.06 bits per heavy atom. The number of carbonyl (C=O) groups is 2. The van der Waals surface area contributed by atoms with Crippen LogP contribution >= 0.6 is 67.8 Å². The van der Waals surface area contributed by atoms with E-state index in [2.05, 4.69) is 4.74 Å². The molecule has 10 nitrogen and oxygen atoms in total. The van der Waals surface area contributed by atoms with E-state index in [1.807, 2.05) is 67.8 Å². The summed E-state index contributed by atoms with van der Waals surface area (Å²) in [7, 11) is -5.89. The fraction of sp³-hybridized carbons (Fsp3) is 0.125. The molecule has 2 aromatic rings. The standard InChI is InChI=1S/C16H8F2I3NO9S/c17-16(18,32(27,28)29)6-30-14(23)10-5-8(22(25)26)1-2-9(10)15(24)31-13-11(20)3-7(19)4-12(13)21/h1-5H,6H2,(H,27,28,29). The minimum atomic E-state index is -5.89. The number of hydrogen-bond donors (Lipinski definition) is 1. The summed E-state index contributed by atoms with van der Waals surface area (Å²) in [6.07, 6.45) is 0. The number of hydrogen-bond acceptors (Lipinski definition) is 8. The van der Waals surface area contributed by atoms with Crippen LogP contribution in [0.3, 0.4) is 0 Å². The van der Waals surface area contributed by atoms with Crippen molar-refractivity contribution in [3.05, 3.63) is 62.3 Å². The minimum absolute atomic E-state index is 0.132. The molecule has 2 rings (SSSR count). The molecule has 0 aliphatic carbocycles. The number of carbonyl (C=O) groups excluding carboxylic acids is 2. The quantitative estimate of drug-likeness (QED) is 0.108. The number of ether oxygens (including phenoxy) is 2. The maximum Gasteiger partial charge on any atom is 0.402 e. The van der Waals surface area contributed by atoms with Crippen LogP contribution in [0.5, 0.6) is 5.75 Å². The van der Waals surface area contributed by atoms with Gasteiger partial charge < -0.3 is 9.47 Å². The Morgan fingerprint density at radius 3 is 2.12 bits per heavy atom. The van der Waals surface area contributed by atoms with Crippen LogP contribution < -0.4 is 4.74 Å². The van der Waals surface area contributed by atoms with Gasteiger partial charge in [0, 0.05) is 15.7 Å². The van der Waals surface area contributed by atoms with Crippen LogP contribution in [-0.2, 0) is 14.9 Å². The highest BCUT2D eigenvalue weighted by molar-refractivity contribution is 14.1. The first kappa shape index (κ1) is 27.0. The van der Waals surface area contributed by atoms with Crippen molar-refractivity contribution in [3.63, 3.8) is 0 Å². The van der Waals surface area contributed by atoms with Gasteiger partial charge in [0.1, 0.15) is 0 Å². The third kappa shape index (κ3) is 6.41. The molecule has 0 atom stereocenters. The highest BCUT2D eigenvalue weighted by Gasteiger charge is 2.46. The van der Waals surface area contributed by atoms with E-state index in [0.29, 0.717) is 13.2 Å². The van der Waals surface area contributed by atoms with Gasteiger partial charge in [-0.1, -0.05) is 0 Å². The molecule has 0 bridgehead atoms. The lowest BCUT2D eigenvalue weighted by Gasteiger charge is -2.14. The zero-order valence-electron chi connectivity index (χ0n) is 15.1. The molecular formula is C16H8F2I3NO9S. The summed E-state index contributed by atoms with van der Waals surface area (Å²) in [5.41, 5.74) is -2.04. The molecule has 32 heavy (non-hydrogen) atoms. The zero-order valence-corrected chi connectivity index (χ0v) is 22.3. The van der Waals surface area contributed by atoms with Gasteiger partial charge in [-0.2, -0.15) is 17.2 Å².